The van der Waals surface area contributed by atoms with Gasteiger partial charge in [-0.3, -0.25) is 4.55 Å². The second-order valence-electron chi connectivity index (χ2n) is 9.47. The fourth-order valence-corrected chi connectivity index (χ4v) is 8.01. The summed E-state index contributed by atoms with van der Waals surface area (Å²) in [7, 11) is -3.96. The Bertz CT molecular complexity index is 1270. The zero-order chi connectivity index (χ0) is 26.8. The van der Waals surface area contributed by atoms with Crippen LogP contribution in [0.5, 0.6) is 0 Å². The first kappa shape index (κ1) is 28.8. The quantitative estimate of drug-likeness (QED) is 0.121. The summed E-state index contributed by atoms with van der Waals surface area (Å²) in [4.78, 5) is 2.33. The number of nitrogens with zero attached hydrogens (tertiary/aromatic N) is 1. The van der Waals surface area contributed by atoms with Gasteiger partial charge in [-0.05, 0) is 48.6 Å². The highest BCUT2D eigenvalue weighted by Gasteiger charge is 2.29. The van der Waals surface area contributed by atoms with Crippen molar-refractivity contribution in [2.24, 2.45) is 0 Å². The first-order valence-electron chi connectivity index (χ1n) is 13.5. The largest absolute Gasteiger partial charge is 0.309 e. The molecule has 0 bridgehead atoms. The molecule has 3 aromatic rings. The van der Waals surface area contributed by atoms with Crippen LogP contribution in [0.15, 0.2) is 83.1 Å². The molecule has 0 unspecified atom stereocenters. The van der Waals surface area contributed by atoms with Crippen molar-refractivity contribution < 1.29 is 13.0 Å². The van der Waals surface area contributed by atoms with Gasteiger partial charge in [0.25, 0.3) is 10.1 Å². The van der Waals surface area contributed by atoms with Gasteiger partial charge in [0.15, 0.2) is 0 Å². The van der Waals surface area contributed by atoms with Crippen molar-refractivity contribution >= 4 is 56.3 Å². The highest BCUT2D eigenvalue weighted by atomic mass is 32.2. The van der Waals surface area contributed by atoms with Gasteiger partial charge in [0.2, 0.25) is 0 Å². The third-order valence-corrected chi connectivity index (χ3v) is 9.99. The minimum absolute atomic E-state index is 0.209. The molecule has 0 saturated heterocycles. The minimum Gasteiger partial charge on any atom is -0.309 e. The number of rotatable bonds is 14. The summed E-state index contributed by atoms with van der Waals surface area (Å²) in [6.07, 6.45) is 7.95. The molecule has 38 heavy (non-hydrogen) atoms. The first-order chi connectivity index (χ1) is 18.5. The maximum absolute atomic E-state index is 11.3. The standard InChI is InChI=1S/C31H37NO3S3/c1-2-3-4-5-6-14-22-36-31(37-23-15-24-38(33,34)35)30-26-18-10-12-20-28(26)32(25-16-8-7-9-17-25)29-21-13-11-19-27(29)30/h7-13,16-21H,2-6,14-15,22-24H2,1H3,(H,33,34,35). The van der Waals surface area contributed by atoms with Gasteiger partial charge in [0, 0.05) is 26.6 Å². The molecule has 0 radical (unpaired) electrons. The molecule has 202 valence electrons. The predicted molar refractivity (Wildman–Crippen MR) is 166 cm³/mol. The van der Waals surface area contributed by atoms with E-state index >= 15 is 0 Å². The lowest BCUT2D eigenvalue weighted by Crippen LogP contribution is -2.18. The highest BCUT2D eigenvalue weighted by Crippen LogP contribution is 2.52. The van der Waals surface area contributed by atoms with Gasteiger partial charge in [-0.25, -0.2) is 0 Å². The molecule has 1 N–H and O–H groups in total. The van der Waals surface area contributed by atoms with Gasteiger partial charge in [0.1, 0.15) is 0 Å². The van der Waals surface area contributed by atoms with E-state index in [4.69, 9.17) is 0 Å². The van der Waals surface area contributed by atoms with Crippen LogP contribution in [0.1, 0.15) is 63.0 Å². The molecule has 0 saturated carbocycles. The molecular formula is C31H37NO3S3. The molecule has 1 aliphatic heterocycles. The fraction of sp³-hybridized carbons (Fsp3) is 0.355. The molecule has 1 aliphatic rings. The van der Waals surface area contributed by atoms with Gasteiger partial charge in [-0.2, -0.15) is 8.42 Å². The summed E-state index contributed by atoms with van der Waals surface area (Å²) in [5, 5.41) is 0. The minimum atomic E-state index is -3.96. The molecule has 0 spiro atoms. The summed E-state index contributed by atoms with van der Waals surface area (Å²) < 4.78 is 33.1. The summed E-state index contributed by atoms with van der Waals surface area (Å²) in [6, 6.07) is 27.6. The van der Waals surface area contributed by atoms with E-state index in [0.717, 1.165) is 29.2 Å². The van der Waals surface area contributed by atoms with Crippen molar-refractivity contribution in [1.82, 2.24) is 0 Å². The van der Waals surface area contributed by atoms with E-state index in [2.05, 4.69) is 84.6 Å². The number of para-hydroxylation sites is 3. The van der Waals surface area contributed by atoms with Crippen molar-refractivity contribution in [2.75, 3.05) is 22.2 Å². The average Bonchev–Trinajstić information content (AvgIpc) is 2.92. The number of fused-ring (bicyclic) bond motifs is 2. The van der Waals surface area contributed by atoms with Crippen molar-refractivity contribution in [3.8, 4) is 0 Å². The lowest BCUT2D eigenvalue weighted by atomic mass is 9.91. The molecule has 7 heteroatoms. The molecule has 0 aromatic heterocycles. The van der Waals surface area contributed by atoms with Crippen molar-refractivity contribution in [3.05, 3.63) is 94.2 Å². The average molecular weight is 568 g/mol. The fourth-order valence-electron chi connectivity index (χ4n) is 4.75. The lowest BCUT2D eigenvalue weighted by molar-refractivity contribution is 0.482. The van der Waals surface area contributed by atoms with Gasteiger partial charge in [0.05, 0.1) is 17.1 Å². The van der Waals surface area contributed by atoms with Crippen LogP contribution in [0.2, 0.25) is 0 Å². The van der Waals surface area contributed by atoms with Crippen molar-refractivity contribution in [1.29, 1.82) is 0 Å². The Morgan fingerprint density at radius 3 is 1.84 bits per heavy atom. The van der Waals surface area contributed by atoms with Crippen molar-refractivity contribution in [3.63, 3.8) is 0 Å². The summed E-state index contributed by atoms with van der Waals surface area (Å²) in [5.41, 5.74) is 6.99. The van der Waals surface area contributed by atoms with Crippen LogP contribution in [-0.2, 0) is 10.1 Å². The van der Waals surface area contributed by atoms with Crippen LogP contribution in [0.3, 0.4) is 0 Å². The van der Waals surface area contributed by atoms with E-state index in [-0.39, 0.29) is 5.75 Å². The Kier molecular flexibility index (Phi) is 10.8. The van der Waals surface area contributed by atoms with E-state index in [1.54, 1.807) is 11.8 Å². The summed E-state index contributed by atoms with van der Waals surface area (Å²) >= 11 is 3.60. The zero-order valence-electron chi connectivity index (χ0n) is 22.0. The second kappa shape index (κ2) is 14.3. The van der Waals surface area contributed by atoms with Crippen LogP contribution in [0.25, 0.3) is 5.57 Å². The summed E-state index contributed by atoms with van der Waals surface area (Å²) in [6.45, 7) is 2.24. The molecule has 4 nitrogen and oxygen atoms in total. The zero-order valence-corrected chi connectivity index (χ0v) is 24.5. The summed E-state index contributed by atoms with van der Waals surface area (Å²) in [5.74, 6) is 1.46. The SMILES string of the molecule is CCCCCCCCSC(SCCCS(=O)(=O)O)=C1c2ccccc2N(c2ccccc2)c2ccccc21. The molecule has 4 rings (SSSR count). The van der Waals surface area contributed by atoms with E-state index < -0.39 is 10.1 Å². The van der Waals surface area contributed by atoms with Crippen molar-refractivity contribution in [2.45, 2.75) is 51.9 Å². The Morgan fingerprint density at radius 1 is 0.711 bits per heavy atom. The number of thioether (sulfide) groups is 2. The van der Waals surface area contributed by atoms with Gasteiger partial charge >= 0.3 is 0 Å². The molecule has 3 aromatic carbocycles. The van der Waals surface area contributed by atoms with Gasteiger partial charge < -0.3 is 4.90 Å². The Morgan fingerprint density at radius 2 is 1.24 bits per heavy atom. The maximum Gasteiger partial charge on any atom is 0.264 e. The molecule has 1 heterocycles. The molecule has 0 aliphatic carbocycles. The number of anilines is 3. The number of benzene rings is 3. The van der Waals surface area contributed by atoms with E-state index in [1.165, 1.54) is 53.0 Å². The monoisotopic (exact) mass is 567 g/mol. The number of hydrogen-bond donors (Lipinski definition) is 1. The molecule has 0 amide bonds. The van der Waals surface area contributed by atoms with E-state index in [1.807, 2.05) is 17.8 Å². The molecule has 0 atom stereocenters. The van der Waals surface area contributed by atoms with E-state index in [9.17, 15) is 13.0 Å². The third kappa shape index (κ3) is 7.69. The van der Waals surface area contributed by atoms with Crippen LogP contribution >= 0.6 is 23.5 Å². The predicted octanol–water partition coefficient (Wildman–Crippen LogP) is 9.29. The van der Waals surface area contributed by atoms with E-state index in [0.29, 0.717) is 12.2 Å². The van der Waals surface area contributed by atoms with Crippen LogP contribution in [-0.4, -0.2) is 30.2 Å². The lowest BCUT2D eigenvalue weighted by Gasteiger charge is -2.35. The van der Waals surface area contributed by atoms with Gasteiger partial charge in [-0.15, -0.1) is 23.5 Å². The first-order valence-corrected chi connectivity index (χ1v) is 17.1. The van der Waals surface area contributed by atoms with Crippen LogP contribution in [0, 0.1) is 0 Å². The topological polar surface area (TPSA) is 57.6 Å². The highest BCUT2D eigenvalue weighted by molar-refractivity contribution is 8.22. The number of hydrogen-bond acceptors (Lipinski definition) is 5. The van der Waals surface area contributed by atoms with Gasteiger partial charge in [-0.1, -0.05) is 93.6 Å². The maximum atomic E-state index is 11.3. The Hall–Kier alpha value is -2.19. The molecular weight excluding hydrogens is 531 g/mol. The smallest absolute Gasteiger partial charge is 0.264 e. The second-order valence-corrected chi connectivity index (χ2v) is 13.5. The van der Waals surface area contributed by atoms with Crippen LogP contribution < -0.4 is 4.90 Å². The molecule has 0 fully saturated rings. The Balaban J connectivity index is 1.70. The third-order valence-electron chi connectivity index (χ3n) is 6.56. The normalized spacial score (nSPS) is 12.8. The number of unbranched alkanes of at least 4 members (excludes halogenated alkanes) is 5. The van der Waals surface area contributed by atoms with Crippen LogP contribution in [0.4, 0.5) is 17.1 Å². The Labute approximate surface area is 236 Å².